The van der Waals surface area contributed by atoms with E-state index < -0.39 is 8.24 Å². The number of carbonyl (C=O) groups is 1. The Morgan fingerprint density at radius 2 is 2.36 bits per heavy atom. The van der Waals surface area contributed by atoms with E-state index in [1.807, 2.05) is 5.70 Å². The van der Waals surface area contributed by atoms with Crippen molar-refractivity contribution < 1.29 is 9.53 Å². The monoisotopic (exact) mass is 171 g/mol. The number of ether oxygens (including phenoxy) is 1. The standard InChI is InChI=1S/C7H13NO2Si/c1-4-11(2,3)8-5-6-10-7(8)9/h4H,1,5-6H2,2-3H3. The van der Waals surface area contributed by atoms with Crippen molar-refractivity contribution in [1.29, 1.82) is 0 Å². The van der Waals surface area contributed by atoms with Gasteiger partial charge in [-0.2, -0.15) is 0 Å². The minimum Gasteiger partial charge on any atom is -0.448 e. The Balaban J connectivity index is 2.73. The van der Waals surface area contributed by atoms with E-state index in [1.54, 1.807) is 4.57 Å². The van der Waals surface area contributed by atoms with Crippen LogP contribution in [0.2, 0.25) is 13.1 Å². The van der Waals surface area contributed by atoms with Gasteiger partial charge in [-0.3, -0.25) is 0 Å². The average Bonchev–Trinajstić information content (AvgIpc) is 2.36. The molecule has 0 aromatic heterocycles. The molecule has 0 aliphatic carbocycles. The predicted molar refractivity (Wildman–Crippen MR) is 45.7 cm³/mol. The van der Waals surface area contributed by atoms with Crippen LogP contribution in [0.15, 0.2) is 12.3 Å². The van der Waals surface area contributed by atoms with Crippen LogP contribution in [0, 0.1) is 0 Å². The van der Waals surface area contributed by atoms with Gasteiger partial charge in [-0.1, -0.05) is 5.70 Å². The van der Waals surface area contributed by atoms with E-state index in [4.69, 9.17) is 4.74 Å². The molecule has 1 saturated heterocycles. The molecular formula is C7H13NO2Si. The third-order valence-electron chi connectivity index (χ3n) is 1.96. The van der Waals surface area contributed by atoms with Crippen molar-refractivity contribution in [3.05, 3.63) is 12.3 Å². The largest absolute Gasteiger partial charge is 0.448 e. The normalized spacial score (nSPS) is 18.4. The highest BCUT2D eigenvalue weighted by Gasteiger charge is 2.35. The highest BCUT2D eigenvalue weighted by molar-refractivity contribution is 6.81. The summed E-state index contributed by atoms with van der Waals surface area (Å²) in [5, 5.41) is 0. The molecule has 3 nitrogen and oxygen atoms in total. The highest BCUT2D eigenvalue weighted by Crippen LogP contribution is 2.15. The first kappa shape index (κ1) is 8.32. The Bertz CT molecular complexity index is 191. The zero-order valence-corrected chi connectivity index (χ0v) is 7.96. The Kier molecular flexibility index (Phi) is 2.04. The summed E-state index contributed by atoms with van der Waals surface area (Å²) in [5.74, 6) is 0. The number of rotatable bonds is 2. The van der Waals surface area contributed by atoms with Crippen LogP contribution in [0.25, 0.3) is 0 Å². The molecule has 0 aromatic rings. The Hall–Kier alpha value is -0.773. The Labute approximate surface area is 67.7 Å². The second-order valence-electron chi connectivity index (χ2n) is 3.12. The lowest BCUT2D eigenvalue weighted by Crippen LogP contribution is -2.47. The summed E-state index contributed by atoms with van der Waals surface area (Å²) in [6.07, 6.45) is -0.179. The maximum Gasteiger partial charge on any atom is 0.402 e. The van der Waals surface area contributed by atoms with E-state index in [-0.39, 0.29) is 6.09 Å². The maximum atomic E-state index is 11.1. The van der Waals surface area contributed by atoms with Crippen LogP contribution in [0.3, 0.4) is 0 Å². The molecule has 1 heterocycles. The molecule has 0 unspecified atom stereocenters. The molecule has 4 heteroatoms. The summed E-state index contributed by atoms with van der Waals surface area (Å²) in [5.41, 5.74) is 1.89. The van der Waals surface area contributed by atoms with Gasteiger partial charge in [0.1, 0.15) is 6.61 Å². The van der Waals surface area contributed by atoms with Crippen molar-refractivity contribution in [3.8, 4) is 0 Å². The van der Waals surface area contributed by atoms with E-state index in [0.717, 1.165) is 6.54 Å². The second kappa shape index (κ2) is 2.69. The van der Waals surface area contributed by atoms with Crippen molar-refractivity contribution in [2.75, 3.05) is 13.2 Å². The SMILES string of the molecule is C=C[Si](C)(C)N1CCOC1=O. The average molecular weight is 171 g/mol. The summed E-state index contributed by atoms with van der Waals surface area (Å²) in [6.45, 7) is 9.13. The molecular weight excluding hydrogens is 158 g/mol. The number of nitrogens with zero attached hydrogens (tertiary/aromatic N) is 1. The summed E-state index contributed by atoms with van der Waals surface area (Å²) >= 11 is 0. The molecule has 0 N–H and O–H groups in total. The van der Waals surface area contributed by atoms with Gasteiger partial charge >= 0.3 is 6.09 Å². The summed E-state index contributed by atoms with van der Waals surface area (Å²) in [7, 11) is -1.68. The number of hydrogen-bond donors (Lipinski definition) is 0. The fraction of sp³-hybridized carbons (Fsp3) is 0.571. The summed E-state index contributed by atoms with van der Waals surface area (Å²) in [4.78, 5) is 11.1. The van der Waals surface area contributed by atoms with Gasteiger partial charge in [0.25, 0.3) is 0 Å². The number of cyclic esters (lactones) is 1. The van der Waals surface area contributed by atoms with Crippen LogP contribution >= 0.6 is 0 Å². The van der Waals surface area contributed by atoms with Crippen molar-refractivity contribution in [2.45, 2.75) is 13.1 Å². The zero-order chi connectivity index (χ0) is 8.48. The molecule has 62 valence electrons. The molecule has 1 amide bonds. The minimum absolute atomic E-state index is 0.179. The lowest BCUT2D eigenvalue weighted by Gasteiger charge is -2.27. The van der Waals surface area contributed by atoms with E-state index >= 15 is 0 Å². The van der Waals surface area contributed by atoms with Crippen LogP contribution in [0.4, 0.5) is 4.79 Å². The molecule has 1 rings (SSSR count). The molecule has 0 atom stereocenters. The van der Waals surface area contributed by atoms with Gasteiger partial charge in [-0.25, -0.2) is 4.79 Å². The van der Waals surface area contributed by atoms with Crippen LogP contribution in [0.1, 0.15) is 0 Å². The lowest BCUT2D eigenvalue weighted by molar-refractivity contribution is 0.169. The van der Waals surface area contributed by atoms with E-state index in [1.165, 1.54) is 0 Å². The minimum atomic E-state index is -1.68. The van der Waals surface area contributed by atoms with E-state index in [2.05, 4.69) is 19.7 Å². The Morgan fingerprint density at radius 1 is 1.73 bits per heavy atom. The van der Waals surface area contributed by atoms with E-state index in [0.29, 0.717) is 6.61 Å². The molecule has 11 heavy (non-hydrogen) atoms. The first-order chi connectivity index (χ1) is 5.08. The molecule has 0 bridgehead atoms. The number of carbonyl (C=O) groups excluding carboxylic acids is 1. The lowest BCUT2D eigenvalue weighted by atomic mass is 10.7. The molecule has 1 fully saturated rings. The van der Waals surface area contributed by atoms with Gasteiger partial charge in [0.05, 0.1) is 6.54 Å². The third-order valence-corrected chi connectivity index (χ3v) is 4.75. The van der Waals surface area contributed by atoms with Gasteiger partial charge in [0, 0.05) is 0 Å². The maximum absolute atomic E-state index is 11.1. The quantitative estimate of drug-likeness (QED) is 0.587. The molecule has 0 aromatic carbocycles. The van der Waals surface area contributed by atoms with Crippen LogP contribution in [-0.2, 0) is 4.74 Å². The van der Waals surface area contributed by atoms with Crippen molar-refractivity contribution in [2.24, 2.45) is 0 Å². The van der Waals surface area contributed by atoms with Crippen molar-refractivity contribution in [3.63, 3.8) is 0 Å². The number of amides is 1. The van der Waals surface area contributed by atoms with Gasteiger partial charge in [-0.15, -0.1) is 6.58 Å². The highest BCUT2D eigenvalue weighted by atomic mass is 28.3. The van der Waals surface area contributed by atoms with Gasteiger partial charge < -0.3 is 9.30 Å². The summed E-state index contributed by atoms with van der Waals surface area (Å²) < 4.78 is 6.63. The van der Waals surface area contributed by atoms with Crippen molar-refractivity contribution in [1.82, 2.24) is 4.57 Å². The molecule has 1 aliphatic rings. The first-order valence-electron chi connectivity index (χ1n) is 3.66. The van der Waals surface area contributed by atoms with Crippen LogP contribution < -0.4 is 0 Å². The molecule has 0 radical (unpaired) electrons. The van der Waals surface area contributed by atoms with Gasteiger partial charge in [-0.05, 0) is 13.1 Å². The topological polar surface area (TPSA) is 29.5 Å². The smallest absolute Gasteiger partial charge is 0.402 e. The van der Waals surface area contributed by atoms with Crippen LogP contribution in [-0.4, -0.2) is 32.0 Å². The predicted octanol–water partition coefficient (Wildman–Crippen LogP) is 1.37. The second-order valence-corrected chi connectivity index (χ2v) is 7.38. The first-order valence-corrected chi connectivity index (χ1v) is 6.68. The van der Waals surface area contributed by atoms with Gasteiger partial charge in [0.2, 0.25) is 0 Å². The fourth-order valence-electron chi connectivity index (χ4n) is 1.03. The zero-order valence-electron chi connectivity index (χ0n) is 6.96. The Morgan fingerprint density at radius 3 is 2.73 bits per heavy atom. The van der Waals surface area contributed by atoms with Crippen molar-refractivity contribution >= 4 is 14.3 Å². The third kappa shape index (κ3) is 1.45. The van der Waals surface area contributed by atoms with Crippen LogP contribution in [0.5, 0.6) is 0 Å². The molecule has 0 spiro atoms. The molecule has 0 saturated carbocycles. The fourth-order valence-corrected chi connectivity index (χ4v) is 2.45. The molecule has 1 aliphatic heterocycles. The van der Waals surface area contributed by atoms with Gasteiger partial charge in [0.15, 0.2) is 8.24 Å². The summed E-state index contributed by atoms with van der Waals surface area (Å²) in [6, 6.07) is 0. The number of hydrogen-bond acceptors (Lipinski definition) is 2. The van der Waals surface area contributed by atoms with E-state index in [9.17, 15) is 4.79 Å².